The van der Waals surface area contributed by atoms with Gasteiger partial charge in [0.05, 0.1) is 8.95 Å². The molecular weight excluding hydrogens is 336 g/mol. The number of rotatable bonds is 2. The minimum atomic E-state index is 0.240. The van der Waals surface area contributed by atoms with Gasteiger partial charge < -0.3 is 4.90 Å². The molecule has 1 heterocycles. The van der Waals surface area contributed by atoms with E-state index in [1.807, 2.05) is 6.20 Å². The van der Waals surface area contributed by atoms with Crippen molar-refractivity contribution in [2.45, 2.75) is 37.1 Å². The highest BCUT2D eigenvalue weighted by atomic mass is 127. The molecule has 1 aliphatic rings. The minimum absolute atomic E-state index is 0.240. The molecule has 0 saturated heterocycles. The van der Waals surface area contributed by atoms with Gasteiger partial charge in [0.1, 0.15) is 12.1 Å². The maximum absolute atomic E-state index is 6.39. The lowest BCUT2D eigenvalue weighted by Gasteiger charge is -2.35. The average molecular weight is 352 g/mol. The van der Waals surface area contributed by atoms with Gasteiger partial charge in [-0.2, -0.15) is 0 Å². The lowest BCUT2D eigenvalue weighted by atomic mass is 9.94. The Balaban J connectivity index is 2.17. The van der Waals surface area contributed by atoms with Gasteiger partial charge in [-0.3, -0.25) is 0 Å². The topological polar surface area (TPSA) is 29.0 Å². The van der Waals surface area contributed by atoms with E-state index in [0.717, 1.165) is 22.2 Å². The van der Waals surface area contributed by atoms with Crippen molar-refractivity contribution < 1.29 is 0 Å². The summed E-state index contributed by atoms with van der Waals surface area (Å²) < 4.78 is 1.08. The molecular formula is C11H15ClIN3. The summed E-state index contributed by atoms with van der Waals surface area (Å²) in [5.74, 6) is 0.994. The summed E-state index contributed by atoms with van der Waals surface area (Å²) in [7, 11) is 2.08. The fourth-order valence-electron chi connectivity index (χ4n) is 2.23. The van der Waals surface area contributed by atoms with Crippen molar-refractivity contribution in [3.05, 3.63) is 16.1 Å². The normalized spacial score (nSPS) is 25.4. The maximum Gasteiger partial charge on any atom is 0.145 e. The van der Waals surface area contributed by atoms with Crippen LogP contribution in [0.3, 0.4) is 0 Å². The van der Waals surface area contributed by atoms with Crippen molar-refractivity contribution in [1.29, 1.82) is 0 Å². The number of alkyl halides is 1. The Hall–Kier alpha value is -0.100. The Labute approximate surface area is 115 Å². The van der Waals surface area contributed by atoms with Crippen LogP contribution in [0.5, 0.6) is 0 Å². The largest absolute Gasteiger partial charge is 0.354 e. The van der Waals surface area contributed by atoms with Crippen LogP contribution in [0.15, 0.2) is 12.5 Å². The van der Waals surface area contributed by atoms with E-state index in [2.05, 4.69) is 44.5 Å². The predicted molar refractivity (Wildman–Crippen MR) is 75.0 cm³/mol. The SMILES string of the molecule is CN(c1ncncc1I)C1CCCCC1Cl. The van der Waals surface area contributed by atoms with Gasteiger partial charge in [-0.1, -0.05) is 12.8 Å². The minimum Gasteiger partial charge on any atom is -0.354 e. The van der Waals surface area contributed by atoms with Crippen molar-refractivity contribution in [2.75, 3.05) is 11.9 Å². The molecule has 5 heteroatoms. The molecule has 3 nitrogen and oxygen atoms in total. The van der Waals surface area contributed by atoms with Gasteiger partial charge >= 0.3 is 0 Å². The highest BCUT2D eigenvalue weighted by Gasteiger charge is 2.28. The molecule has 1 aromatic heterocycles. The molecule has 2 atom stereocenters. The van der Waals surface area contributed by atoms with Gasteiger partial charge in [-0.05, 0) is 35.4 Å². The molecule has 0 aromatic carbocycles. The van der Waals surface area contributed by atoms with Gasteiger partial charge in [-0.15, -0.1) is 11.6 Å². The van der Waals surface area contributed by atoms with Crippen LogP contribution in [-0.4, -0.2) is 28.4 Å². The van der Waals surface area contributed by atoms with Crippen molar-refractivity contribution in [1.82, 2.24) is 9.97 Å². The summed E-state index contributed by atoms with van der Waals surface area (Å²) in [6, 6.07) is 0.402. The van der Waals surface area contributed by atoms with Gasteiger partial charge in [0.2, 0.25) is 0 Å². The van der Waals surface area contributed by atoms with Crippen molar-refractivity contribution in [3.8, 4) is 0 Å². The third kappa shape index (κ3) is 2.59. The smallest absolute Gasteiger partial charge is 0.145 e. The van der Waals surface area contributed by atoms with E-state index < -0.39 is 0 Å². The van der Waals surface area contributed by atoms with E-state index >= 15 is 0 Å². The average Bonchev–Trinajstić information content (AvgIpc) is 2.29. The first kappa shape index (κ1) is 12.4. The summed E-state index contributed by atoms with van der Waals surface area (Å²) in [5, 5.41) is 0.240. The molecule has 1 saturated carbocycles. The van der Waals surface area contributed by atoms with E-state index in [-0.39, 0.29) is 5.38 Å². The van der Waals surface area contributed by atoms with E-state index in [0.29, 0.717) is 6.04 Å². The summed E-state index contributed by atoms with van der Waals surface area (Å²) in [6.07, 6.45) is 8.22. The lowest BCUT2D eigenvalue weighted by Crippen LogP contribution is -2.41. The molecule has 88 valence electrons. The number of aromatic nitrogens is 2. The second-order valence-corrected chi connectivity index (χ2v) is 5.90. The van der Waals surface area contributed by atoms with Crippen LogP contribution in [0.4, 0.5) is 5.82 Å². The summed E-state index contributed by atoms with van der Waals surface area (Å²) in [4.78, 5) is 10.6. The first-order valence-corrected chi connectivity index (χ1v) is 7.04. The third-order valence-corrected chi connectivity index (χ3v) is 4.40. The van der Waals surface area contributed by atoms with Crippen LogP contribution in [0.1, 0.15) is 25.7 Å². The Morgan fingerprint density at radius 3 is 2.88 bits per heavy atom. The molecule has 0 radical (unpaired) electrons. The van der Waals surface area contributed by atoms with Crippen LogP contribution < -0.4 is 4.90 Å². The van der Waals surface area contributed by atoms with Crippen molar-refractivity contribution in [2.24, 2.45) is 0 Å². The van der Waals surface area contributed by atoms with E-state index in [1.165, 1.54) is 12.8 Å². The molecule has 0 amide bonds. The summed E-state index contributed by atoms with van der Waals surface area (Å²) in [6.45, 7) is 0. The number of halogens is 2. The summed E-state index contributed by atoms with van der Waals surface area (Å²) >= 11 is 8.66. The number of hydrogen-bond acceptors (Lipinski definition) is 3. The number of nitrogens with zero attached hydrogens (tertiary/aromatic N) is 3. The molecule has 1 aromatic rings. The van der Waals surface area contributed by atoms with Crippen LogP contribution in [0, 0.1) is 3.57 Å². The van der Waals surface area contributed by atoms with E-state index in [4.69, 9.17) is 11.6 Å². The van der Waals surface area contributed by atoms with Crippen LogP contribution in [-0.2, 0) is 0 Å². The van der Waals surface area contributed by atoms with Crippen molar-refractivity contribution in [3.63, 3.8) is 0 Å². The first-order valence-electron chi connectivity index (χ1n) is 5.52. The Kier molecular flexibility index (Phi) is 4.24. The van der Waals surface area contributed by atoms with Gasteiger partial charge in [0.25, 0.3) is 0 Å². The predicted octanol–water partition coefficient (Wildman–Crippen LogP) is 3.07. The lowest BCUT2D eigenvalue weighted by molar-refractivity contribution is 0.432. The standard InChI is InChI=1S/C11H15ClIN3/c1-16(10-5-3-2-4-8(10)12)11-9(13)6-14-7-15-11/h6-8,10H,2-5H2,1H3. The zero-order chi connectivity index (χ0) is 11.5. The van der Waals surface area contributed by atoms with E-state index in [9.17, 15) is 0 Å². The second-order valence-electron chi connectivity index (χ2n) is 4.17. The first-order chi connectivity index (χ1) is 7.70. The molecule has 1 fully saturated rings. The highest BCUT2D eigenvalue weighted by molar-refractivity contribution is 14.1. The fourth-order valence-corrected chi connectivity index (χ4v) is 3.36. The van der Waals surface area contributed by atoms with Crippen molar-refractivity contribution >= 4 is 40.0 Å². The monoisotopic (exact) mass is 351 g/mol. The van der Waals surface area contributed by atoms with E-state index in [1.54, 1.807) is 6.33 Å². The van der Waals surface area contributed by atoms with Gasteiger partial charge in [-0.25, -0.2) is 9.97 Å². The van der Waals surface area contributed by atoms with Gasteiger partial charge in [0, 0.05) is 19.3 Å². The molecule has 1 aliphatic carbocycles. The zero-order valence-electron chi connectivity index (χ0n) is 9.24. The van der Waals surface area contributed by atoms with Crippen LogP contribution in [0.25, 0.3) is 0 Å². The quantitative estimate of drug-likeness (QED) is 0.606. The number of anilines is 1. The Morgan fingerprint density at radius 1 is 1.44 bits per heavy atom. The maximum atomic E-state index is 6.39. The molecule has 2 rings (SSSR count). The highest BCUT2D eigenvalue weighted by Crippen LogP contribution is 2.30. The second kappa shape index (κ2) is 5.49. The molecule has 0 spiro atoms. The van der Waals surface area contributed by atoms with Crippen LogP contribution >= 0.6 is 34.2 Å². The Morgan fingerprint density at radius 2 is 2.19 bits per heavy atom. The Bertz CT molecular complexity index is 361. The number of hydrogen-bond donors (Lipinski definition) is 0. The molecule has 0 N–H and O–H groups in total. The molecule has 0 bridgehead atoms. The zero-order valence-corrected chi connectivity index (χ0v) is 12.1. The summed E-state index contributed by atoms with van der Waals surface area (Å²) in [5.41, 5.74) is 0. The molecule has 16 heavy (non-hydrogen) atoms. The van der Waals surface area contributed by atoms with Gasteiger partial charge in [0.15, 0.2) is 0 Å². The third-order valence-electron chi connectivity index (χ3n) is 3.13. The fraction of sp³-hybridized carbons (Fsp3) is 0.636. The van der Waals surface area contributed by atoms with Crippen LogP contribution in [0.2, 0.25) is 0 Å². The molecule has 2 unspecified atom stereocenters. The molecule has 0 aliphatic heterocycles.